The van der Waals surface area contributed by atoms with E-state index >= 15 is 0 Å². The van der Waals surface area contributed by atoms with Gasteiger partial charge in [0, 0.05) is 35.8 Å². The maximum atomic E-state index is 11.3. The number of thioether (sulfide) groups is 1. The van der Waals surface area contributed by atoms with Crippen molar-refractivity contribution in [3.05, 3.63) is 82.7 Å². The molecular formula is C20H16N4O4S. The summed E-state index contributed by atoms with van der Waals surface area (Å²) in [6, 6.07) is 16.1. The molecule has 0 saturated carbocycles. The van der Waals surface area contributed by atoms with Crippen LogP contribution in [-0.2, 0) is 5.75 Å². The first-order valence-electron chi connectivity index (χ1n) is 8.65. The number of nitro groups is 1. The van der Waals surface area contributed by atoms with Crippen LogP contribution in [0.15, 0.2) is 76.6 Å². The number of benzene rings is 2. The third-order valence-corrected chi connectivity index (χ3v) is 5.07. The first-order chi connectivity index (χ1) is 14.1. The largest absolute Gasteiger partial charge is 0.497 e. The predicted octanol–water partition coefficient (Wildman–Crippen LogP) is 4.74. The summed E-state index contributed by atoms with van der Waals surface area (Å²) >= 11 is 1.33. The quantitative estimate of drug-likeness (QED) is 0.248. The SMILES string of the molecule is COc1ccc(-c2nnc(SCc3cc(-n4cccc4)cc([N+](=O)[O-])c3)o2)cc1. The minimum atomic E-state index is -0.393. The van der Waals surface area contributed by atoms with Crippen molar-refractivity contribution < 1.29 is 14.1 Å². The summed E-state index contributed by atoms with van der Waals surface area (Å²) in [5, 5.41) is 19.8. The van der Waals surface area contributed by atoms with Crippen LogP contribution >= 0.6 is 11.8 Å². The standard InChI is InChI=1S/C20H16N4O4S/c1-27-18-6-4-15(5-7-18)19-21-22-20(28-19)29-13-14-10-16(23-8-2-3-9-23)12-17(11-14)24(25)26/h2-12H,13H2,1H3. The van der Waals surface area contributed by atoms with Crippen LogP contribution in [0.5, 0.6) is 5.75 Å². The molecule has 0 spiro atoms. The lowest BCUT2D eigenvalue weighted by molar-refractivity contribution is -0.384. The van der Waals surface area contributed by atoms with Crippen molar-refractivity contribution >= 4 is 17.4 Å². The molecule has 0 aliphatic rings. The second-order valence-electron chi connectivity index (χ2n) is 6.10. The summed E-state index contributed by atoms with van der Waals surface area (Å²) in [5.41, 5.74) is 2.34. The third kappa shape index (κ3) is 4.30. The maximum Gasteiger partial charge on any atom is 0.277 e. The van der Waals surface area contributed by atoms with Crippen molar-refractivity contribution in [2.45, 2.75) is 11.0 Å². The fourth-order valence-electron chi connectivity index (χ4n) is 2.76. The lowest BCUT2D eigenvalue weighted by Gasteiger charge is -2.06. The van der Waals surface area contributed by atoms with Crippen molar-refractivity contribution in [3.8, 4) is 22.9 Å². The van der Waals surface area contributed by atoms with Gasteiger partial charge in [-0.05, 0) is 48.0 Å². The molecule has 29 heavy (non-hydrogen) atoms. The van der Waals surface area contributed by atoms with E-state index < -0.39 is 4.92 Å². The molecule has 2 aromatic carbocycles. The van der Waals surface area contributed by atoms with Gasteiger partial charge >= 0.3 is 0 Å². The summed E-state index contributed by atoms with van der Waals surface area (Å²) in [6.07, 6.45) is 3.68. The Labute approximate surface area is 170 Å². The Morgan fingerprint density at radius 2 is 1.90 bits per heavy atom. The van der Waals surface area contributed by atoms with Crippen LogP contribution in [-0.4, -0.2) is 26.8 Å². The lowest BCUT2D eigenvalue weighted by Crippen LogP contribution is -1.96. The average molecular weight is 408 g/mol. The van der Waals surface area contributed by atoms with Gasteiger partial charge in [0.1, 0.15) is 5.75 Å². The highest BCUT2D eigenvalue weighted by atomic mass is 32.2. The summed E-state index contributed by atoms with van der Waals surface area (Å²) in [5.74, 6) is 1.61. The molecule has 0 unspecified atom stereocenters. The van der Waals surface area contributed by atoms with Crippen LogP contribution in [0.4, 0.5) is 5.69 Å². The van der Waals surface area contributed by atoms with E-state index in [-0.39, 0.29) is 5.69 Å². The number of hydrogen-bond donors (Lipinski definition) is 0. The first kappa shape index (κ1) is 18.8. The Morgan fingerprint density at radius 1 is 1.14 bits per heavy atom. The summed E-state index contributed by atoms with van der Waals surface area (Å²) in [7, 11) is 1.60. The molecule has 0 fully saturated rings. The molecule has 0 saturated heterocycles. The second-order valence-corrected chi connectivity index (χ2v) is 7.02. The Hall–Kier alpha value is -3.59. The van der Waals surface area contributed by atoms with Gasteiger partial charge in [0.15, 0.2) is 0 Å². The minimum Gasteiger partial charge on any atom is -0.497 e. The number of rotatable bonds is 7. The van der Waals surface area contributed by atoms with Crippen LogP contribution in [0, 0.1) is 10.1 Å². The molecule has 2 heterocycles. The van der Waals surface area contributed by atoms with E-state index in [2.05, 4.69) is 10.2 Å². The number of aromatic nitrogens is 3. The van der Waals surface area contributed by atoms with Gasteiger partial charge in [-0.2, -0.15) is 0 Å². The van der Waals surface area contributed by atoms with Gasteiger partial charge < -0.3 is 13.7 Å². The van der Waals surface area contributed by atoms with Gasteiger partial charge in [-0.25, -0.2) is 0 Å². The van der Waals surface area contributed by atoms with Gasteiger partial charge in [0.2, 0.25) is 5.89 Å². The fourth-order valence-corrected chi connectivity index (χ4v) is 3.46. The number of nitro benzene ring substituents is 1. The molecule has 0 bridgehead atoms. The highest BCUT2D eigenvalue weighted by molar-refractivity contribution is 7.98. The van der Waals surface area contributed by atoms with Crippen LogP contribution < -0.4 is 4.74 Å². The van der Waals surface area contributed by atoms with Crippen molar-refractivity contribution in [2.24, 2.45) is 0 Å². The van der Waals surface area contributed by atoms with Crippen molar-refractivity contribution in [1.29, 1.82) is 0 Å². The second kappa shape index (κ2) is 8.19. The monoisotopic (exact) mass is 408 g/mol. The zero-order chi connectivity index (χ0) is 20.2. The zero-order valence-corrected chi connectivity index (χ0v) is 16.2. The number of hydrogen-bond acceptors (Lipinski definition) is 7. The van der Waals surface area contributed by atoms with Crippen molar-refractivity contribution in [3.63, 3.8) is 0 Å². The number of nitrogens with zero attached hydrogens (tertiary/aromatic N) is 4. The topological polar surface area (TPSA) is 96.2 Å². The van der Waals surface area contributed by atoms with Crippen molar-refractivity contribution in [1.82, 2.24) is 14.8 Å². The molecule has 4 rings (SSSR count). The van der Waals surface area contributed by atoms with Crippen molar-refractivity contribution in [2.75, 3.05) is 7.11 Å². The Kier molecular flexibility index (Phi) is 5.30. The van der Waals surface area contributed by atoms with E-state index in [0.29, 0.717) is 16.9 Å². The molecule has 0 aliphatic heterocycles. The fraction of sp³-hybridized carbons (Fsp3) is 0.100. The Balaban J connectivity index is 1.51. The molecule has 0 radical (unpaired) electrons. The van der Waals surface area contributed by atoms with Crippen LogP contribution in [0.1, 0.15) is 5.56 Å². The highest BCUT2D eigenvalue weighted by Gasteiger charge is 2.13. The van der Waals surface area contributed by atoms with Crippen LogP contribution in [0.3, 0.4) is 0 Å². The third-order valence-electron chi connectivity index (χ3n) is 4.18. The minimum absolute atomic E-state index is 0.0382. The first-order valence-corrected chi connectivity index (χ1v) is 9.63. The Morgan fingerprint density at radius 3 is 2.59 bits per heavy atom. The Bertz CT molecular complexity index is 1120. The molecule has 0 amide bonds. The normalized spacial score (nSPS) is 10.8. The maximum absolute atomic E-state index is 11.3. The predicted molar refractivity (Wildman–Crippen MR) is 108 cm³/mol. The van der Waals surface area contributed by atoms with E-state index in [1.165, 1.54) is 11.8 Å². The smallest absolute Gasteiger partial charge is 0.277 e. The van der Waals surface area contributed by atoms with E-state index in [4.69, 9.17) is 9.15 Å². The molecular weight excluding hydrogens is 392 g/mol. The summed E-state index contributed by atoms with van der Waals surface area (Å²) < 4.78 is 12.7. The number of non-ortho nitro benzene ring substituents is 1. The van der Waals surface area contributed by atoms with Gasteiger partial charge in [-0.15, -0.1) is 10.2 Å². The van der Waals surface area contributed by atoms with Gasteiger partial charge in [-0.3, -0.25) is 10.1 Å². The zero-order valence-electron chi connectivity index (χ0n) is 15.4. The molecule has 4 aromatic rings. The van der Waals surface area contributed by atoms with E-state index in [1.54, 1.807) is 19.2 Å². The van der Waals surface area contributed by atoms with E-state index in [9.17, 15) is 10.1 Å². The molecule has 8 nitrogen and oxygen atoms in total. The average Bonchev–Trinajstić information content (AvgIpc) is 3.44. The molecule has 0 atom stereocenters. The highest BCUT2D eigenvalue weighted by Crippen LogP contribution is 2.29. The molecule has 0 aliphatic carbocycles. The molecule has 146 valence electrons. The van der Waals surface area contributed by atoms with Gasteiger partial charge in [0.05, 0.1) is 17.7 Å². The summed E-state index contributed by atoms with van der Waals surface area (Å²) in [6.45, 7) is 0. The van der Waals surface area contributed by atoms with Crippen LogP contribution in [0.2, 0.25) is 0 Å². The molecule has 2 aromatic heterocycles. The lowest BCUT2D eigenvalue weighted by atomic mass is 10.2. The van der Waals surface area contributed by atoms with E-state index in [0.717, 1.165) is 22.6 Å². The van der Waals surface area contributed by atoms with Gasteiger partial charge in [0.25, 0.3) is 10.9 Å². The molecule has 0 N–H and O–H groups in total. The van der Waals surface area contributed by atoms with E-state index in [1.807, 2.05) is 59.4 Å². The molecule has 9 heteroatoms. The summed E-state index contributed by atoms with van der Waals surface area (Å²) in [4.78, 5) is 10.9. The number of methoxy groups -OCH3 is 1. The number of ether oxygens (including phenoxy) is 1. The van der Waals surface area contributed by atoms with Crippen LogP contribution in [0.25, 0.3) is 17.1 Å². The van der Waals surface area contributed by atoms with Gasteiger partial charge in [-0.1, -0.05) is 11.8 Å².